The first-order valence-corrected chi connectivity index (χ1v) is 12.4. The van der Waals surface area contributed by atoms with Crippen molar-refractivity contribution in [2.45, 2.75) is 56.4 Å². The number of β-amino-alcohol motifs (C(OH)–C–C–N with tert-alkyl or cyclic N) is 1. The van der Waals surface area contributed by atoms with Crippen LogP contribution in [0.25, 0.3) is 0 Å². The van der Waals surface area contributed by atoms with Crippen molar-refractivity contribution < 1.29 is 23.4 Å². The van der Waals surface area contributed by atoms with Crippen LogP contribution in [0.5, 0.6) is 0 Å². The Morgan fingerprint density at radius 3 is 2.68 bits per heavy atom. The van der Waals surface area contributed by atoms with Crippen LogP contribution in [-0.4, -0.2) is 36.3 Å². The summed E-state index contributed by atoms with van der Waals surface area (Å²) in [6, 6.07) is 8.64. The first-order chi connectivity index (χ1) is 16.4. The molecule has 0 fully saturated rings. The fourth-order valence-electron chi connectivity index (χ4n) is 4.65. The number of benzene rings is 2. The second-order valence-electron chi connectivity index (χ2n) is 8.88. The summed E-state index contributed by atoms with van der Waals surface area (Å²) in [6.45, 7) is 0.694. The molecule has 4 rings (SSSR count). The van der Waals surface area contributed by atoms with Gasteiger partial charge in [-0.3, -0.25) is 4.79 Å². The van der Waals surface area contributed by atoms with Gasteiger partial charge in [-0.15, -0.1) is 0 Å². The summed E-state index contributed by atoms with van der Waals surface area (Å²) >= 11 is 3.53. The highest BCUT2D eigenvalue weighted by Crippen LogP contribution is 2.42. The first-order valence-electron chi connectivity index (χ1n) is 11.6. The highest BCUT2D eigenvalue weighted by atomic mass is 79.9. The molecule has 0 spiro atoms. The molecule has 2 aromatic carbocycles. The SMILES string of the molecule is O=C1CCC/C=C\CO[C@@H]2C[C@H](NC[C@@H](O)[C@H](Cc3cc(F)cc(F)c3)N1)c1cc(Br)ccc12. The number of hydrogen-bond donors (Lipinski definition) is 3. The molecule has 4 atom stereocenters. The van der Waals surface area contributed by atoms with E-state index in [9.17, 15) is 18.7 Å². The van der Waals surface area contributed by atoms with Gasteiger partial charge >= 0.3 is 0 Å². The summed E-state index contributed by atoms with van der Waals surface area (Å²) in [4.78, 5) is 12.5. The van der Waals surface area contributed by atoms with Crippen LogP contribution in [0, 0.1) is 11.6 Å². The minimum Gasteiger partial charge on any atom is -0.390 e. The van der Waals surface area contributed by atoms with Crippen molar-refractivity contribution in [3.05, 3.63) is 81.3 Å². The van der Waals surface area contributed by atoms with E-state index in [-0.39, 0.29) is 31.0 Å². The lowest BCUT2D eigenvalue weighted by atomic mass is 9.99. The summed E-state index contributed by atoms with van der Waals surface area (Å²) in [5, 5.41) is 17.3. The van der Waals surface area contributed by atoms with Gasteiger partial charge in [0.2, 0.25) is 5.91 Å². The third kappa shape index (κ3) is 6.50. The van der Waals surface area contributed by atoms with Gasteiger partial charge in [-0.05, 0) is 66.6 Å². The van der Waals surface area contributed by atoms with Crippen molar-refractivity contribution in [1.82, 2.24) is 10.6 Å². The third-order valence-electron chi connectivity index (χ3n) is 6.32. The van der Waals surface area contributed by atoms with Crippen LogP contribution in [0.3, 0.4) is 0 Å². The molecular weight excluding hydrogens is 506 g/mol. The predicted molar refractivity (Wildman–Crippen MR) is 129 cm³/mol. The number of rotatable bonds is 2. The molecule has 8 heteroatoms. The Morgan fingerprint density at radius 2 is 1.88 bits per heavy atom. The highest BCUT2D eigenvalue weighted by molar-refractivity contribution is 9.10. The Hall–Kier alpha value is -2.13. The van der Waals surface area contributed by atoms with Crippen LogP contribution in [0.4, 0.5) is 8.78 Å². The molecule has 2 aromatic rings. The zero-order valence-corrected chi connectivity index (χ0v) is 20.4. The number of hydrogen-bond acceptors (Lipinski definition) is 4. The Morgan fingerprint density at radius 1 is 1.09 bits per heavy atom. The van der Waals surface area contributed by atoms with Crippen LogP contribution in [0.15, 0.2) is 53.0 Å². The molecule has 0 radical (unpaired) electrons. The average Bonchev–Trinajstić information content (AvgIpc) is 3.11. The van der Waals surface area contributed by atoms with Crippen LogP contribution < -0.4 is 10.6 Å². The van der Waals surface area contributed by atoms with E-state index < -0.39 is 23.8 Å². The number of fused-ring (bicyclic) bond motifs is 5. The number of amides is 1. The maximum Gasteiger partial charge on any atom is 0.220 e. The number of carbonyl (C=O) groups excluding carboxylic acids is 1. The van der Waals surface area contributed by atoms with Gasteiger partial charge in [0.1, 0.15) is 11.6 Å². The van der Waals surface area contributed by atoms with Crippen molar-refractivity contribution in [2.24, 2.45) is 0 Å². The summed E-state index contributed by atoms with van der Waals surface area (Å²) in [5.74, 6) is -1.57. The van der Waals surface area contributed by atoms with Crippen molar-refractivity contribution in [3.63, 3.8) is 0 Å². The molecule has 1 aliphatic heterocycles. The fraction of sp³-hybridized carbons (Fsp3) is 0.423. The molecule has 1 amide bonds. The van der Waals surface area contributed by atoms with Gasteiger partial charge in [0.15, 0.2) is 0 Å². The molecule has 34 heavy (non-hydrogen) atoms. The summed E-state index contributed by atoms with van der Waals surface area (Å²) in [5.41, 5.74) is 2.60. The molecule has 5 nitrogen and oxygen atoms in total. The normalized spacial score (nSPS) is 27.1. The molecule has 1 aliphatic carbocycles. The van der Waals surface area contributed by atoms with E-state index in [1.165, 1.54) is 12.1 Å². The van der Waals surface area contributed by atoms with Gasteiger partial charge in [-0.25, -0.2) is 8.78 Å². The van der Waals surface area contributed by atoms with E-state index in [2.05, 4.69) is 38.7 Å². The topological polar surface area (TPSA) is 70.6 Å². The van der Waals surface area contributed by atoms with Crippen LogP contribution in [0.1, 0.15) is 54.5 Å². The van der Waals surface area contributed by atoms with Crippen molar-refractivity contribution >= 4 is 21.8 Å². The second-order valence-corrected chi connectivity index (χ2v) is 9.79. The second kappa shape index (κ2) is 11.5. The number of ether oxygens (including phenoxy) is 1. The molecule has 0 saturated heterocycles. The first kappa shape index (κ1) is 25.0. The molecular formula is C26H29BrF2N2O3. The lowest BCUT2D eigenvalue weighted by molar-refractivity contribution is -0.122. The van der Waals surface area contributed by atoms with E-state index in [1.807, 2.05) is 18.2 Å². The number of carbonyl (C=O) groups is 1. The molecule has 0 saturated carbocycles. The van der Waals surface area contributed by atoms with Crippen molar-refractivity contribution in [1.29, 1.82) is 0 Å². The Kier molecular flexibility index (Phi) is 8.47. The standard InChI is InChI=1S/C26H29BrF2N2O3/c27-17-6-7-20-21(12-17)22-14-25(20)34-8-4-2-1-3-5-26(33)31-23(24(32)15-30-22)11-16-9-18(28)13-19(29)10-16/h2,4,6-7,9-10,12-13,22-25,30,32H,1,3,5,8,11,14-15H2,(H,31,33)/b4-2-/t22-,23-,24+,25+/m0/s1. The van der Waals surface area contributed by atoms with Gasteiger partial charge in [-0.1, -0.05) is 34.1 Å². The number of aliphatic hydroxyl groups excluding tert-OH is 1. The Bertz CT molecular complexity index is 1030. The van der Waals surface area contributed by atoms with Gasteiger partial charge in [-0.2, -0.15) is 0 Å². The maximum absolute atomic E-state index is 13.7. The summed E-state index contributed by atoms with van der Waals surface area (Å²) < 4.78 is 34.5. The van der Waals surface area contributed by atoms with Gasteiger partial charge in [0, 0.05) is 29.5 Å². The largest absolute Gasteiger partial charge is 0.390 e. The van der Waals surface area contributed by atoms with Crippen LogP contribution in [0.2, 0.25) is 0 Å². The fourth-order valence-corrected chi connectivity index (χ4v) is 5.03. The molecule has 0 unspecified atom stereocenters. The quantitative estimate of drug-likeness (QED) is 0.490. The average molecular weight is 535 g/mol. The Balaban J connectivity index is 1.55. The zero-order chi connectivity index (χ0) is 24.1. The van der Waals surface area contributed by atoms with Crippen LogP contribution >= 0.6 is 15.9 Å². The molecule has 2 bridgehead atoms. The maximum atomic E-state index is 13.7. The van der Waals surface area contributed by atoms with E-state index in [4.69, 9.17) is 4.74 Å². The summed E-state index contributed by atoms with van der Waals surface area (Å²) in [6.07, 6.45) is 5.49. The van der Waals surface area contributed by atoms with E-state index >= 15 is 0 Å². The number of halogens is 3. The minimum absolute atomic E-state index is 0.0352. The van der Waals surface area contributed by atoms with Gasteiger partial charge in [0.25, 0.3) is 0 Å². The lowest BCUT2D eigenvalue weighted by Gasteiger charge is -2.26. The monoisotopic (exact) mass is 534 g/mol. The zero-order valence-electron chi connectivity index (χ0n) is 18.8. The number of aliphatic hydroxyl groups is 1. The lowest BCUT2D eigenvalue weighted by Crippen LogP contribution is -2.49. The van der Waals surface area contributed by atoms with E-state index in [1.54, 1.807) is 0 Å². The molecule has 2 aliphatic rings. The molecule has 0 aromatic heterocycles. The molecule has 182 valence electrons. The van der Waals surface area contributed by atoms with Gasteiger partial charge in [0.05, 0.1) is 24.9 Å². The highest BCUT2D eigenvalue weighted by Gasteiger charge is 2.32. The number of nitrogens with one attached hydrogen (secondary N) is 2. The predicted octanol–water partition coefficient (Wildman–Crippen LogP) is 4.65. The van der Waals surface area contributed by atoms with E-state index in [0.29, 0.717) is 25.0 Å². The smallest absolute Gasteiger partial charge is 0.220 e. The molecule has 3 N–H and O–H groups in total. The van der Waals surface area contributed by atoms with Crippen molar-refractivity contribution in [3.8, 4) is 0 Å². The van der Waals surface area contributed by atoms with Gasteiger partial charge < -0.3 is 20.5 Å². The number of allylic oxidation sites excluding steroid dienone is 1. The Labute approximate surface area is 206 Å². The molecule has 1 heterocycles. The van der Waals surface area contributed by atoms with E-state index in [0.717, 1.165) is 34.5 Å². The van der Waals surface area contributed by atoms with Crippen LogP contribution in [-0.2, 0) is 16.0 Å². The van der Waals surface area contributed by atoms with Crippen molar-refractivity contribution in [2.75, 3.05) is 13.2 Å². The summed E-state index contributed by atoms with van der Waals surface area (Å²) in [7, 11) is 0. The minimum atomic E-state index is -0.960. The third-order valence-corrected chi connectivity index (χ3v) is 6.81.